The van der Waals surface area contributed by atoms with E-state index < -0.39 is 10.0 Å². The minimum atomic E-state index is -3.76. The first-order valence-electron chi connectivity index (χ1n) is 10.4. The summed E-state index contributed by atoms with van der Waals surface area (Å²) in [6.07, 6.45) is 1.95. The number of imidazole rings is 1. The molecule has 3 aromatic carbocycles. The van der Waals surface area contributed by atoms with Crippen LogP contribution >= 0.6 is 0 Å². The van der Waals surface area contributed by atoms with Crippen molar-refractivity contribution in [2.24, 2.45) is 0 Å². The number of anilines is 1. The molecule has 6 nitrogen and oxygen atoms in total. The topological polar surface area (TPSA) is 72.7 Å². The highest BCUT2D eigenvalue weighted by molar-refractivity contribution is 7.92. The van der Waals surface area contributed by atoms with Crippen LogP contribution in [-0.2, 0) is 10.0 Å². The molecular formula is C26H21N3O3S. The van der Waals surface area contributed by atoms with Gasteiger partial charge in [0.25, 0.3) is 10.0 Å². The van der Waals surface area contributed by atoms with Gasteiger partial charge >= 0.3 is 0 Å². The van der Waals surface area contributed by atoms with Crippen LogP contribution in [0, 0.1) is 6.92 Å². The van der Waals surface area contributed by atoms with E-state index in [1.165, 1.54) is 12.1 Å². The molecule has 33 heavy (non-hydrogen) atoms. The zero-order valence-corrected chi connectivity index (χ0v) is 18.7. The van der Waals surface area contributed by atoms with Crippen molar-refractivity contribution < 1.29 is 13.2 Å². The first-order valence-corrected chi connectivity index (χ1v) is 11.9. The summed E-state index contributed by atoms with van der Waals surface area (Å²) in [5, 5.41) is 0. The molecule has 164 valence electrons. The number of aryl methyl sites for hydroxylation is 1. The van der Waals surface area contributed by atoms with Gasteiger partial charge < -0.3 is 9.14 Å². The third-order valence-electron chi connectivity index (χ3n) is 5.22. The summed E-state index contributed by atoms with van der Waals surface area (Å²) in [4.78, 5) is 4.81. The number of pyridine rings is 1. The Hall–Kier alpha value is -4.10. The Balaban J connectivity index is 1.36. The van der Waals surface area contributed by atoms with Gasteiger partial charge in [0.2, 0.25) is 0 Å². The van der Waals surface area contributed by atoms with E-state index >= 15 is 0 Å². The number of hydrogen-bond acceptors (Lipinski definition) is 4. The predicted molar refractivity (Wildman–Crippen MR) is 129 cm³/mol. The second-order valence-corrected chi connectivity index (χ2v) is 9.28. The monoisotopic (exact) mass is 455 g/mol. The first-order chi connectivity index (χ1) is 16.0. The highest BCUT2D eigenvalue weighted by Gasteiger charge is 2.15. The fourth-order valence-electron chi connectivity index (χ4n) is 3.56. The SMILES string of the molecule is Cc1cccc2nc(-c3cccc(NS(=O)(=O)c4ccc(Oc5ccccc5)cc4)c3)cn12. The van der Waals surface area contributed by atoms with E-state index in [0.29, 0.717) is 17.2 Å². The van der Waals surface area contributed by atoms with Crippen LogP contribution < -0.4 is 9.46 Å². The molecular weight excluding hydrogens is 434 g/mol. The van der Waals surface area contributed by atoms with E-state index in [0.717, 1.165) is 22.6 Å². The van der Waals surface area contributed by atoms with Crippen molar-refractivity contribution in [3.63, 3.8) is 0 Å². The Morgan fingerprint density at radius 3 is 2.30 bits per heavy atom. The van der Waals surface area contributed by atoms with Gasteiger partial charge in [0.05, 0.1) is 10.6 Å². The molecule has 5 aromatic rings. The molecule has 0 saturated heterocycles. The Kier molecular flexibility index (Phi) is 5.32. The van der Waals surface area contributed by atoms with Gasteiger partial charge in [-0.2, -0.15) is 0 Å². The zero-order valence-electron chi connectivity index (χ0n) is 17.8. The summed E-state index contributed by atoms with van der Waals surface area (Å²) in [5.41, 5.74) is 3.97. The minimum Gasteiger partial charge on any atom is -0.457 e. The lowest BCUT2D eigenvalue weighted by Crippen LogP contribution is -2.12. The summed E-state index contributed by atoms with van der Waals surface area (Å²) < 4.78 is 36.3. The number of ether oxygens (including phenoxy) is 1. The fraction of sp³-hybridized carbons (Fsp3) is 0.0385. The largest absolute Gasteiger partial charge is 0.457 e. The van der Waals surface area contributed by atoms with E-state index in [1.807, 2.05) is 72.1 Å². The van der Waals surface area contributed by atoms with Crippen LogP contribution in [0.3, 0.4) is 0 Å². The van der Waals surface area contributed by atoms with E-state index in [4.69, 9.17) is 4.74 Å². The molecule has 1 N–H and O–H groups in total. The molecule has 2 heterocycles. The third kappa shape index (κ3) is 4.44. The van der Waals surface area contributed by atoms with Gasteiger partial charge in [0.15, 0.2) is 0 Å². The quantitative estimate of drug-likeness (QED) is 0.346. The van der Waals surface area contributed by atoms with Crippen LogP contribution in [0.1, 0.15) is 5.69 Å². The van der Waals surface area contributed by atoms with Crippen molar-refractivity contribution in [2.75, 3.05) is 4.72 Å². The number of para-hydroxylation sites is 1. The van der Waals surface area contributed by atoms with Crippen molar-refractivity contribution in [2.45, 2.75) is 11.8 Å². The van der Waals surface area contributed by atoms with E-state index in [2.05, 4.69) is 9.71 Å². The maximum atomic E-state index is 12.9. The van der Waals surface area contributed by atoms with Crippen LogP contribution in [0.5, 0.6) is 11.5 Å². The summed E-state index contributed by atoms with van der Waals surface area (Å²) >= 11 is 0. The Morgan fingerprint density at radius 2 is 1.55 bits per heavy atom. The standard InChI is InChI=1S/C26H21N3O3S/c1-19-7-5-12-26-27-25(18-29(19)26)20-8-6-9-21(17-20)28-33(30,31)24-15-13-23(14-16-24)32-22-10-3-2-4-11-22/h2-18,28H,1H3. The molecule has 0 fully saturated rings. The number of nitrogens with zero attached hydrogens (tertiary/aromatic N) is 2. The highest BCUT2D eigenvalue weighted by Crippen LogP contribution is 2.26. The first kappa shape index (κ1) is 20.8. The lowest BCUT2D eigenvalue weighted by atomic mass is 10.1. The lowest BCUT2D eigenvalue weighted by molar-refractivity contribution is 0.482. The van der Waals surface area contributed by atoms with Gasteiger partial charge in [-0.3, -0.25) is 4.72 Å². The van der Waals surface area contributed by atoms with Gasteiger partial charge in [0.1, 0.15) is 17.1 Å². The van der Waals surface area contributed by atoms with Crippen LogP contribution in [0.2, 0.25) is 0 Å². The number of fused-ring (bicyclic) bond motifs is 1. The molecule has 0 amide bonds. The summed E-state index contributed by atoms with van der Waals surface area (Å²) in [6.45, 7) is 2.01. The van der Waals surface area contributed by atoms with Crippen LogP contribution in [0.4, 0.5) is 5.69 Å². The second-order valence-electron chi connectivity index (χ2n) is 7.59. The molecule has 0 saturated carbocycles. The van der Waals surface area contributed by atoms with Crippen molar-refractivity contribution in [3.05, 3.63) is 109 Å². The van der Waals surface area contributed by atoms with Crippen molar-refractivity contribution in [1.82, 2.24) is 9.38 Å². The Labute approximate surface area is 192 Å². The Morgan fingerprint density at radius 1 is 0.818 bits per heavy atom. The maximum absolute atomic E-state index is 12.9. The van der Waals surface area contributed by atoms with E-state index in [9.17, 15) is 8.42 Å². The number of hydrogen-bond donors (Lipinski definition) is 1. The minimum absolute atomic E-state index is 0.150. The van der Waals surface area contributed by atoms with Crippen LogP contribution in [0.15, 0.2) is 108 Å². The average molecular weight is 456 g/mol. The fourth-order valence-corrected chi connectivity index (χ4v) is 4.60. The highest BCUT2D eigenvalue weighted by atomic mass is 32.2. The molecule has 0 spiro atoms. The molecule has 5 rings (SSSR count). The normalized spacial score (nSPS) is 11.4. The molecule has 0 aliphatic carbocycles. The van der Waals surface area contributed by atoms with Gasteiger partial charge in [0, 0.05) is 23.1 Å². The van der Waals surface area contributed by atoms with Gasteiger partial charge in [-0.05, 0) is 67.6 Å². The van der Waals surface area contributed by atoms with Crippen molar-refractivity contribution in [3.8, 4) is 22.8 Å². The van der Waals surface area contributed by atoms with Crippen molar-refractivity contribution in [1.29, 1.82) is 0 Å². The van der Waals surface area contributed by atoms with E-state index in [-0.39, 0.29) is 4.90 Å². The summed E-state index contributed by atoms with van der Waals surface area (Å²) in [6, 6.07) is 28.8. The number of sulfonamides is 1. The van der Waals surface area contributed by atoms with Gasteiger partial charge in [-0.25, -0.2) is 13.4 Å². The second kappa shape index (κ2) is 8.44. The van der Waals surface area contributed by atoms with Gasteiger partial charge in [-0.1, -0.05) is 36.4 Å². The molecule has 0 aliphatic heterocycles. The molecule has 0 radical (unpaired) electrons. The molecule has 0 bridgehead atoms. The number of benzene rings is 3. The number of nitrogens with one attached hydrogen (secondary N) is 1. The predicted octanol–water partition coefficient (Wildman–Crippen LogP) is 5.90. The Bertz CT molecular complexity index is 1530. The van der Waals surface area contributed by atoms with Crippen molar-refractivity contribution >= 4 is 21.4 Å². The zero-order chi connectivity index (χ0) is 22.8. The van der Waals surface area contributed by atoms with Crippen LogP contribution in [0.25, 0.3) is 16.9 Å². The molecule has 0 unspecified atom stereocenters. The summed E-state index contributed by atoms with van der Waals surface area (Å²) in [7, 11) is -3.76. The van der Waals surface area contributed by atoms with Gasteiger partial charge in [-0.15, -0.1) is 0 Å². The number of rotatable bonds is 6. The molecule has 2 aromatic heterocycles. The molecule has 7 heteroatoms. The third-order valence-corrected chi connectivity index (χ3v) is 6.62. The van der Waals surface area contributed by atoms with Crippen LogP contribution in [-0.4, -0.2) is 17.8 Å². The number of aromatic nitrogens is 2. The van der Waals surface area contributed by atoms with E-state index in [1.54, 1.807) is 30.3 Å². The average Bonchev–Trinajstić information content (AvgIpc) is 3.26. The lowest BCUT2D eigenvalue weighted by Gasteiger charge is -2.10. The summed E-state index contributed by atoms with van der Waals surface area (Å²) in [5.74, 6) is 1.24. The molecule has 0 atom stereocenters. The maximum Gasteiger partial charge on any atom is 0.261 e. The molecule has 0 aliphatic rings. The smallest absolute Gasteiger partial charge is 0.261 e.